The Labute approximate surface area is 193 Å². The van der Waals surface area contributed by atoms with Gasteiger partial charge in [0.05, 0.1) is 13.7 Å². The molecule has 1 atom stereocenters. The first-order valence-corrected chi connectivity index (χ1v) is 10.5. The Morgan fingerprint density at radius 3 is 2.21 bits per heavy atom. The lowest BCUT2D eigenvalue weighted by Gasteiger charge is -2.27. The van der Waals surface area contributed by atoms with Crippen LogP contribution >= 0.6 is 0 Å². The lowest BCUT2D eigenvalue weighted by Crippen LogP contribution is -2.39. The number of hydrogen-bond donors (Lipinski definition) is 2. The highest BCUT2D eigenvalue weighted by Crippen LogP contribution is 2.23. The number of anilines is 2. The van der Waals surface area contributed by atoms with Crippen molar-refractivity contribution in [2.24, 2.45) is 0 Å². The van der Waals surface area contributed by atoms with Crippen LogP contribution in [0.3, 0.4) is 0 Å². The van der Waals surface area contributed by atoms with Crippen LogP contribution in [0.2, 0.25) is 0 Å². The Morgan fingerprint density at radius 1 is 0.879 bits per heavy atom. The summed E-state index contributed by atoms with van der Waals surface area (Å²) < 4.78 is 5.19. The number of rotatable bonds is 9. The van der Waals surface area contributed by atoms with E-state index >= 15 is 0 Å². The van der Waals surface area contributed by atoms with Crippen molar-refractivity contribution in [3.05, 3.63) is 90.0 Å². The van der Waals surface area contributed by atoms with Gasteiger partial charge in [0.2, 0.25) is 11.8 Å². The zero-order valence-electron chi connectivity index (χ0n) is 18.9. The minimum Gasteiger partial charge on any atom is -0.497 e. The van der Waals surface area contributed by atoms with E-state index in [4.69, 9.17) is 4.74 Å². The standard InChI is InChI=1S/C26H27N3O4/c1-18(30)20-11-7-12-21(15-20)28-26(32)25(19-9-5-4-6-10-19)29(2)17-24(31)27-22-13-8-14-23(16-22)33-3/h4-16,25H,17H2,1-3H3,(H,27,31)(H,28,32)/t25-/m1/s1. The normalized spacial score (nSPS) is 11.5. The van der Waals surface area contributed by atoms with Crippen LogP contribution in [-0.2, 0) is 9.59 Å². The predicted octanol–water partition coefficient (Wildman–Crippen LogP) is 4.15. The van der Waals surface area contributed by atoms with Gasteiger partial charge in [-0.1, -0.05) is 48.5 Å². The van der Waals surface area contributed by atoms with E-state index in [2.05, 4.69) is 10.6 Å². The maximum Gasteiger partial charge on any atom is 0.246 e. The molecule has 3 rings (SSSR count). The summed E-state index contributed by atoms with van der Waals surface area (Å²) in [5.41, 5.74) is 2.38. The van der Waals surface area contributed by atoms with Crippen LogP contribution in [0.4, 0.5) is 11.4 Å². The first-order chi connectivity index (χ1) is 15.9. The van der Waals surface area contributed by atoms with Gasteiger partial charge >= 0.3 is 0 Å². The van der Waals surface area contributed by atoms with Crippen LogP contribution in [0.25, 0.3) is 0 Å². The highest BCUT2D eigenvalue weighted by Gasteiger charge is 2.27. The van der Waals surface area contributed by atoms with E-state index in [9.17, 15) is 14.4 Å². The van der Waals surface area contributed by atoms with E-state index in [0.717, 1.165) is 5.56 Å². The fourth-order valence-corrected chi connectivity index (χ4v) is 3.49. The Hall–Kier alpha value is -3.97. The molecule has 0 bridgehead atoms. The highest BCUT2D eigenvalue weighted by molar-refractivity contribution is 5.99. The van der Waals surface area contributed by atoms with Gasteiger partial charge in [-0.05, 0) is 43.8 Å². The molecule has 0 aliphatic carbocycles. The summed E-state index contributed by atoms with van der Waals surface area (Å²) >= 11 is 0. The number of nitrogens with one attached hydrogen (secondary N) is 2. The molecular formula is C26H27N3O4. The summed E-state index contributed by atoms with van der Waals surface area (Å²) in [5, 5.41) is 5.71. The summed E-state index contributed by atoms with van der Waals surface area (Å²) in [6, 6.07) is 22.4. The molecule has 2 N–H and O–H groups in total. The number of hydrogen-bond acceptors (Lipinski definition) is 5. The number of nitrogens with zero attached hydrogens (tertiary/aromatic N) is 1. The van der Waals surface area contributed by atoms with Crippen LogP contribution < -0.4 is 15.4 Å². The van der Waals surface area contributed by atoms with E-state index in [1.807, 2.05) is 30.3 Å². The number of benzene rings is 3. The molecule has 3 aromatic carbocycles. The monoisotopic (exact) mass is 445 g/mol. The molecule has 0 unspecified atom stereocenters. The van der Waals surface area contributed by atoms with Crippen LogP contribution in [0.5, 0.6) is 5.75 Å². The van der Waals surface area contributed by atoms with Gasteiger partial charge in [0, 0.05) is 23.0 Å². The number of likely N-dealkylation sites (N-methyl/N-ethyl adjacent to an activating group) is 1. The maximum atomic E-state index is 13.3. The summed E-state index contributed by atoms with van der Waals surface area (Å²) in [5.74, 6) is -0.0239. The highest BCUT2D eigenvalue weighted by atomic mass is 16.5. The zero-order chi connectivity index (χ0) is 23.8. The first-order valence-electron chi connectivity index (χ1n) is 10.5. The molecule has 7 nitrogen and oxygen atoms in total. The molecule has 0 aliphatic heterocycles. The van der Waals surface area contributed by atoms with Crippen LogP contribution in [-0.4, -0.2) is 43.2 Å². The number of Topliss-reactive ketones (excluding diaryl/α,β-unsaturated/α-hetero) is 1. The molecule has 3 aromatic rings. The van der Waals surface area contributed by atoms with Gasteiger partial charge in [-0.25, -0.2) is 0 Å². The number of ketones is 1. The smallest absolute Gasteiger partial charge is 0.246 e. The van der Waals surface area contributed by atoms with Gasteiger partial charge in [-0.3, -0.25) is 19.3 Å². The lowest BCUT2D eigenvalue weighted by atomic mass is 10.0. The van der Waals surface area contributed by atoms with Crippen molar-refractivity contribution >= 4 is 29.0 Å². The van der Waals surface area contributed by atoms with Crippen molar-refractivity contribution in [1.82, 2.24) is 4.90 Å². The van der Waals surface area contributed by atoms with Crippen molar-refractivity contribution < 1.29 is 19.1 Å². The third-order valence-corrected chi connectivity index (χ3v) is 5.09. The van der Waals surface area contributed by atoms with E-state index < -0.39 is 6.04 Å². The van der Waals surface area contributed by atoms with Crippen LogP contribution in [0.15, 0.2) is 78.9 Å². The Balaban J connectivity index is 1.77. The fraction of sp³-hybridized carbons (Fsp3) is 0.192. The molecule has 0 saturated carbocycles. The topological polar surface area (TPSA) is 87.7 Å². The molecule has 0 fully saturated rings. The molecule has 0 spiro atoms. The molecule has 0 saturated heterocycles. The van der Waals surface area contributed by atoms with E-state index in [-0.39, 0.29) is 24.1 Å². The second kappa shape index (κ2) is 11.1. The van der Waals surface area contributed by atoms with Gasteiger partial charge in [0.25, 0.3) is 0 Å². The van der Waals surface area contributed by atoms with E-state index in [0.29, 0.717) is 22.7 Å². The van der Waals surface area contributed by atoms with Crippen LogP contribution in [0.1, 0.15) is 28.9 Å². The number of carbonyl (C=O) groups is 3. The minimum absolute atomic E-state index is 0.0162. The number of ether oxygens (including phenoxy) is 1. The Bertz CT molecular complexity index is 1130. The Kier molecular flexibility index (Phi) is 7.94. The number of carbonyl (C=O) groups excluding carboxylic acids is 3. The summed E-state index contributed by atoms with van der Waals surface area (Å²) in [7, 11) is 3.28. The molecule has 0 radical (unpaired) electrons. The third-order valence-electron chi connectivity index (χ3n) is 5.09. The first kappa shape index (κ1) is 23.7. The predicted molar refractivity (Wildman–Crippen MR) is 129 cm³/mol. The average molecular weight is 446 g/mol. The SMILES string of the molecule is COc1cccc(NC(=O)CN(C)[C@@H](C(=O)Nc2cccc(C(C)=O)c2)c2ccccc2)c1. The number of methoxy groups -OCH3 is 1. The second-order valence-electron chi connectivity index (χ2n) is 7.63. The van der Waals surface area contributed by atoms with Gasteiger partial charge < -0.3 is 15.4 Å². The van der Waals surface area contributed by atoms with Crippen molar-refractivity contribution in [2.45, 2.75) is 13.0 Å². The third kappa shape index (κ3) is 6.51. The minimum atomic E-state index is -0.719. The van der Waals surface area contributed by atoms with Crippen LogP contribution in [0, 0.1) is 0 Å². The zero-order valence-corrected chi connectivity index (χ0v) is 18.9. The molecule has 33 heavy (non-hydrogen) atoms. The fourth-order valence-electron chi connectivity index (χ4n) is 3.49. The maximum absolute atomic E-state index is 13.3. The largest absolute Gasteiger partial charge is 0.497 e. The van der Waals surface area contributed by atoms with Crippen molar-refractivity contribution in [2.75, 3.05) is 31.3 Å². The van der Waals surface area contributed by atoms with Crippen molar-refractivity contribution in [3.63, 3.8) is 0 Å². The van der Waals surface area contributed by atoms with E-state index in [1.54, 1.807) is 67.6 Å². The molecule has 0 aliphatic rings. The van der Waals surface area contributed by atoms with Crippen molar-refractivity contribution in [3.8, 4) is 5.75 Å². The molecule has 0 heterocycles. The second-order valence-corrected chi connectivity index (χ2v) is 7.63. The van der Waals surface area contributed by atoms with Gasteiger partial charge in [0.15, 0.2) is 5.78 Å². The quantitative estimate of drug-likeness (QED) is 0.483. The van der Waals surface area contributed by atoms with Crippen molar-refractivity contribution in [1.29, 1.82) is 0 Å². The Morgan fingerprint density at radius 2 is 1.55 bits per heavy atom. The summed E-state index contributed by atoms with van der Waals surface area (Å²) in [6.45, 7) is 1.46. The summed E-state index contributed by atoms with van der Waals surface area (Å²) in [6.07, 6.45) is 0. The number of amides is 2. The molecule has 0 aromatic heterocycles. The van der Waals surface area contributed by atoms with Gasteiger partial charge in [-0.2, -0.15) is 0 Å². The average Bonchev–Trinajstić information content (AvgIpc) is 2.80. The molecule has 170 valence electrons. The lowest BCUT2D eigenvalue weighted by molar-refractivity contribution is -0.123. The van der Waals surface area contributed by atoms with Gasteiger partial charge in [-0.15, -0.1) is 0 Å². The molecule has 7 heteroatoms. The summed E-state index contributed by atoms with van der Waals surface area (Å²) in [4.78, 5) is 39.3. The van der Waals surface area contributed by atoms with E-state index in [1.165, 1.54) is 6.92 Å². The van der Waals surface area contributed by atoms with Gasteiger partial charge in [0.1, 0.15) is 11.8 Å². The molecule has 2 amide bonds. The molecular weight excluding hydrogens is 418 g/mol.